The van der Waals surface area contributed by atoms with E-state index in [1.807, 2.05) is 6.07 Å². The predicted octanol–water partition coefficient (Wildman–Crippen LogP) is 1.07. The molecule has 1 aliphatic heterocycles. The van der Waals surface area contributed by atoms with Crippen LogP contribution in [-0.2, 0) is 10.5 Å². The standard InChI is InChI=1S/C7H5N2O2S/c10-12(11)9-5-8-6-3-1-2-4-7(6)9/h1-5H/q+1. The molecule has 0 saturated heterocycles. The van der Waals surface area contributed by atoms with Gasteiger partial charge in [0.15, 0.2) is 0 Å². The lowest BCUT2D eigenvalue weighted by atomic mass is 10.3. The van der Waals surface area contributed by atoms with Gasteiger partial charge in [0, 0.05) is 0 Å². The van der Waals surface area contributed by atoms with Gasteiger partial charge in [0.05, 0.1) is 0 Å². The van der Waals surface area contributed by atoms with Crippen LogP contribution in [0.3, 0.4) is 0 Å². The van der Waals surface area contributed by atoms with Crippen LogP contribution in [0.1, 0.15) is 0 Å². The summed E-state index contributed by atoms with van der Waals surface area (Å²) < 4.78 is 22.3. The van der Waals surface area contributed by atoms with Crippen molar-refractivity contribution in [2.45, 2.75) is 0 Å². The van der Waals surface area contributed by atoms with E-state index in [1.165, 1.54) is 6.34 Å². The van der Waals surface area contributed by atoms with Crippen LogP contribution in [0.4, 0.5) is 11.4 Å². The molecule has 1 heterocycles. The zero-order valence-corrected chi connectivity index (χ0v) is 6.82. The second-order valence-electron chi connectivity index (χ2n) is 2.28. The smallest absolute Gasteiger partial charge is 0.142 e. The van der Waals surface area contributed by atoms with Crippen LogP contribution in [0.25, 0.3) is 0 Å². The highest BCUT2D eigenvalue weighted by atomic mass is 32.2. The molecule has 0 bridgehead atoms. The summed E-state index contributed by atoms with van der Waals surface area (Å²) in [7, 11) is -2.27. The molecule has 0 saturated carbocycles. The molecule has 0 fully saturated rings. The first kappa shape index (κ1) is 7.17. The average molecular weight is 181 g/mol. The lowest BCUT2D eigenvalue weighted by Gasteiger charge is -1.85. The molecule has 2 rings (SSSR count). The van der Waals surface area contributed by atoms with E-state index in [4.69, 9.17) is 0 Å². The van der Waals surface area contributed by atoms with Gasteiger partial charge < -0.3 is 0 Å². The third kappa shape index (κ3) is 0.947. The molecule has 0 N–H and O–H groups in total. The Morgan fingerprint density at radius 2 is 2.00 bits per heavy atom. The van der Waals surface area contributed by atoms with Gasteiger partial charge in [-0.05, 0) is 17.1 Å². The first-order valence-corrected chi connectivity index (χ1v) is 4.34. The minimum atomic E-state index is -2.27. The van der Waals surface area contributed by atoms with Gasteiger partial charge >= 0.3 is 16.8 Å². The lowest BCUT2D eigenvalue weighted by Crippen LogP contribution is -1.94. The summed E-state index contributed by atoms with van der Waals surface area (Å²) in [6.07, 6.45) is 1.29. The molecular weight excluding hydrogens is 176 g/mol. The van der Waals surface area contributed by atoms with Crippen molar-refractivity contribution >= 4 is 28.2 Å². The fraction of sp³-hybridized carbons (Fsp3) is 0. The SMILES string of the molecule is O=S(=O)=[N+]1C=Nc2ccccc21. The number of hydrogen-bond donors (Lipinski definition) is 0. The zero-order chi connectivity index (χ0) is 8.55. The highest BCUT2D eigenvalue weighted by molar-refractivity contribution is 7.59. The molecule has 0 aliphatic carbocycles. The molecule has 12 heavy (non-hydrogen) atoms. The summed E-state index contributed by atoms with van der Waals surface area (Å²) in [5.74, 6) is 0. The Labute approximate surface area is 70.5 Å². The van der Waals surface area contributed by atoms with Crippen molar-refractivity contribution in [3.63, 3.8) is 0 Å². The van der Waals surface area contributed by atoms with E-state index >= 15 is 0 Å². The summed E-state index contributed by atoms with van der Waals surface area (Å²) in [4.78, 5) is 3.91. The first-order valence-electron chi connectivity index (χ1n) is 3.31. The van der Waals surface area contributed by atoms with Crippen LogP contribution in [0, 0.1) is 0 Å². The van der Waals surface area contributed by atoms with Gasteiger partial charge in [-0.15, -0.1) is 8.42 Å². The number of nitrogens with zero attached hydrogens (tertiary/aromatic N) is 2. The van der Waals surface area contributed by atoms with Gasteiger partial charge in [0.25, 0.3) is 0 Å². The topological polar surface area (TPSA) is 49.5 Å². The second kappa shape index (κ2) is 2.53. The van der Waals surface area contributed by atoms with Gasteiger partial charge in [-0.25, -0.2) is 0 Å². The van der Waals surface area contributed by atoms with Crippen LogP contribution in [0.15, 0.2) is 29.3 Å². The van der Waals surface area contributed by atoms with E-state index in [0.717, 1.165) is 3.95 Å². The van der Waals surface area contributed by atoms with Crippen LogP contribution in [0.2, 0.25) is 0 Å². The van der Waals surface area contributed by atoms with E-state index < -0.39 is 10.5 Å². The summed E-state index contributed by atoms with van der Waals surface area (Å²) in [5, 5.41) is 0. The molecule has 0 unspecified atom stereocenters. The van der Waals surface area contributed by atoms with Crippen molar-refractivity contribution < 1.29 is 12.4 Å². The minimum absolute atomic E-state index is 0.603. The molecule has 0 spiro atoms. The Kier molecular flexibility index (Phi) is 1.51. The molecule has 4 nitrogen and oxygen atoms in total. The zero-order valence-electron chi connectivity index (χ0n) is 6.01. The quantitative estimate of drug-likeness (QED) is 0.562. The van der Waals surface area contributed by atoms with E-state index in [2.05, 4.69) is 4.99 Å². The monoisotopic (exact) mass is 181 g/mol. The van der Waals surface area contributed by atoms with Crippen molar-refractivity contribution in [1.29, 1.82) is 0 Å². The number of benzene rings is 1. The fourth-order valence-corrected chi connectivity index (χ4v) is 1.49. The Morgan fingerprint density at radius 1 is 1.25 bits per heavy atom. The minimum Gasteiger partial charge on any atom is -0.142 e. The van der Waals surface area contributed by atoms with E-state index in [9.17, 15) is 8.42 Å². The molecule has 0 aromatic heterocycles. The normalized spacial score (nSPS) is 13.2. The number of aliphatic imine (C=N–C) groups is 1. The molecule has 5 heteroatoms. The van der Waals surface area contributed by atoms with Crippen LogP contribution >= 0.6 is 0 Å². The third-order valence-electron chi connectivity index (χ3n) is 1.58. The summed E-state index contributed by atoms with van der Waals surface area (Å²) in [5.41, 5.74) is 1.28. The molecule has 0 radical (unpaired) electrons. The van der Waals surface area contributed by atoms with Crippen LogP contribution < -0.4 is 0 Å². The van der Waals surface area contributed by atoms with Crippen molar-refractivity contribution in [2.75, 3.05) is 0 Å². The largest absolute Gasteiger partial charge is 0.385 e. The maximum atomic E-state index is 10.6. The fourth-order valence-electron chi connectivity index (χ4n) is 1.06. The summed E-state index contributed by atoms with van der Waals surface area (Å²) in [6.45, 7) is 0. The molecule has 1 aliphatic rings. The van der Waals surface area contributed by atoms with Crippen molar-refractivity contribution in [3.05, 3.63) is 24.3 Å². The van der Waals surface area contributed by atoms with E-state index in [1.54, 1.807) is 18.2 Å². The molecule has 1 aromatic carbocycles. The molecule has 0 atom stereocenters. The average Bonchev–Trinajstić information content (AvgIpc) is 2.47. The maximum Gasteiger partial charge on any atom is 0.385 e. The number of rotatable bonds is 0. The second-order valence-corrected chi connectivity index (χ2v) is 3.10. The van der Waals surface area contributed by atoms with Gasteiger partial charge in [-0.1, -0.05) is 16.1 Å². The number of fused-ring (bicyclic) bond motifs is 1. The Hall–Kier alpha value is -1.49. The van der Waals surface area contributed by atoms with Crippen molar-refractivity contribution in [3.8, 4) is 0 Å². The Bertz CT molecular complexity index is 480. The summed E-state index contributed by atoms with van der Waals surface area (Å²) >= 11 is 0. The van der Waals surface area contributed by atoms with Gasteiger partial charge in [0.1, 0.15) is 0 Å². The third-order valence-corrected chi connectivity index (χ3v) is 2.19. The van der Waals surface area contributed by atoms with Crippen LogP contribution in [0.5, 0.6) is 0 Å². The first-order chi connectivity index (χ1) is 5.79. The molecule has 60 valence electrons. The van der Waals surface area contributed by atoms with Crippen molar-refractivity contribution in [1.82, 2.24) is 0 Å². The van der Waals surface area contributed by atoms with E-state index in [-0.39, 0.29) is 0 Å². The molecule has 0 amide bonds. The van der Waals surface area contributed by atoms with Gasteiger partial charge in [0.2, 0.25) is 11.4 Å². The van der Waals surface area contributed by atoms with Crippen LogP contribution in [-0.4, -0.2) is 18.7 Å². The highest BCUT2D eigenvalue weighted by Gasteiger charge is 2.21. The number of para-hydroxylation sites is 2. The highest BCUT2D eigenvalue weighted by Crippen LogP contribution is 2.29. The molecular formula is C7H5N2O2S+. The van der Waals surface area contributed by atoms with Gasteiger partial charge in [-0.2, -0.15) is 0 Å². The molecule has 1 aromatic rings. The Morgan fingerprint density at radius 3 is 2.75 bits per heavy atom. The lowest BCUT2D eigenvalue weighted by molar-refractivity contribution is -0.259. The van der Waals surface area contributed by atoms with Crippen molar-refractivity contribution in [2.24, 2.45) is 4.99 Å². The van der Waals surface area contributed by atoms with E-state index in [0.29, 0.717) is 11.4 Å². The summed E-state index contributed by atoms with van der Waals surface area (Å²) in [6, 6.07) is 7.05. The number of hydrogen-bond acceptors (Lipinski definition) is 3. The Balaban J connectivity index is 2.81. The predicted molar refractivity (Wildman–Crippen MR) is 43.4 cm³/mol. The van der Waals surface area contributed by atoms with Gasteiger partial charge in [-0.3, -0.25) is 0 Å². The maximum absolute atomic E-state index is 10.6.